The number of hydrogen-bond donors (Lipinski definition) is 0. The molecule has 0 N–H and O–H groups in total. The molecule has 4 heteroatoms. The Labute approximate surface area is 82.9 Å². The summed E-state index contributed by atoms with van der Waals surface area (Å²) in [5.41, 5.74) is 0. The van der Waals surface area contributed by atoms with Gasteiger partial charge in [-0.25, -0.2) is 4.79 Å². The molecule has 0 spiro atoms. The van der Waals surface area contributed by atoms with Crippen molar-refractivity contribution in [1.29, 1.82) is 0 Å². The Hall–Kier alpha value is -0.510. The molecule has 1 aliphatic heterocycles. The van der Waals surface area contributed by atoms with Crippen LogP contribution in [0.3, 0.4) is 0 Å². The lowest BCUT2D eigenvalue weighted by Crippen LogP contribution is -2.21. The van der Waals surface area contributed by atoms with Crippen LogP contribution in [0.25, 0.3) is 0 Å². The second-order valence-corrected chi connectivity index (χ2v) is 4.24. The first kappa shape index (κ1) is 10.6. The first-order chi connectivity index (χ1) is 6.15. The highest BCUT2D eigenvalue weighted by atomic mass is 32.2. The van der Waals surface area contributed by atoms with Crippen LogP contribution in [0.4, 0.5) is 0 Å². The maximum atomic E-state index is 11.3. The van der Waals surface area contributed by atoms with Gasteiger partial charge in [0.1, 0.15) is 0 Å². The van der Waals surface area contributed by atoms with Gasteiger partial charge in [-0.3, -0.25) is 4.99 Å². The Morgan fingerprint density at radius 3 is 2.92 bits per heavy atom. The van der Waals surface area contributed by atoms with Gasteiger partial charge in [0.15, 0.2) is 6.04 Å². The van der Waals surface area contributed by atoms with Crippen LogP contribution >= 0.6 is 11.8 Å². The van der Waals surface area contributed by atoms with Crippen LogP contribution in [0.1, 0.15) is 20.8 Å². The Bertz CT molecular complexity index is 226. The van der Waals surface area contributed by atoms with E-state index in [4.69, 9.17) is 4.74 Å². The summed E-state index contributed by atoms with van der Waals surface area (Å²) in [7, 11) is 0. The third-order valence-electron chi connectivity index (χ3n) is 1.72. The van der Waals surface area contributed by atoms with Crippen molar-refractivity contribution in [3.63, 3.8) is 0 Å². The number of nitrogens with zero attached hydrogens (tertiary/aromatic N) is 1. The van der Waals surface area contributed by atoms with Crippen LogP contribution in [-0.4, -0.2) is 29.4 Å². The van der Waals surface area contributed by atoms with Crippen molar-refractivity contribution in [3.05, 3.63) is 0 Å². The summed E-state index contributed by atoms with van der Waals surface area (Å²) in [6.45, 7) is 6.42. The third-order valence-corrected chi connectivity index (χ3v) is 3.08. The normalized spacial score (nSPS) is 21.8. The Kier molecular flexibility index (Phi) is 3.78. The van der Waals surface area contributed by atoms with Gasteiger partial charge in [0, 0.05) is 11.7 Å². The lowest BCUT2D eigenvalue weighted by molar-refractivity contribution is -0.143. The van der Waals surface area contributed by atoms with E-state index in [-0.39, 0.29) is 12.0 Å². The summed E-state index contributed by atoms with van der Waals surface area (Å²) in [6, 6.07) is -0.262. The fourth-order valence-corrected chi connectivity index (χ4v) is 2.14. The molecule has 0 aromatic heterocycles. The van der Waals surface area contributed by atoms with E-state index in [1.165, 1.54) is 0 Å². The Morgan fingerprint density at radius 1 is 1.77 bits per heavy atom. The summed E-state index contributed by atoms with van der Waals surface area (Å²) in [5, 5.41) is 1.07. The minimum absolute atomic E-state index is 0.189. The average Bonchev–Trinajstić information content (AvgIpc) is 2.52. The quantitative estimate of drug-likeness (QED) is 0.653. The average molecular weight is 201 g/mol. The summed E-state index contributed by atoms with van der Waals surface area (Å²) >= 11 is 1.66. The van der Waals surface area contributed by atoms with Gasteiger partial charge < -0.3 is 4.74 Å². The standard InChI is InChI=1S/C9H15NO2S/c1-4-12-9(11)7-5-13-8(10-7)6(2)3/h6-7H,4-5H2,1-3H3/t7-/m0/s1. The molecule has 0 fully saturated rings. The van der Waals surface area contributed by atoms with E-state index in [1.807, 2.05) is 6.92 Å². The number of rotatable bonds is 3. The highest BCUT2D eigenvalue weighted by molar-refractivity contribution is 8.14. The van der Waals surface area contributed by atoms with Crippen LogP contribution in [0.5, 0.6) is 0 Å². The highest BCUT2D eigenvalue weighted by Crippen LogP contribution is 2.23. The number of ether oxygens (including phenoxy) is 1. The fraction of sp³-hybridized carbons (Fsp3) is 0.778. The van der Waals surface area contributed by atoms with Crippen LogP contribution in [0.15, 0.2) is 4.99 Å². The molecule has 1 rings (SSSR count). The SMILES string of the molecule is CCOC(=O)[C@@H]1CSC(C(C)C)=N1. The molecule has 0 aromatic rings. The Morgan fingerprint density at radius 2 is 2.46 bits per heavy atom. The predicted molar refractivity (Wildman–Crippen MR) is 55.2 cm³/mol. The monoisotopic (exact) mass is 201 g/mol. The largest absolute Gasteiger partial charge is 0.464 e. The van der Waals surface area contributed by atoms with E-state index in [0.29, 0.717) is 12.5 Å². The number of hydrogen-bond acceptors (Lipinski definition) is 4. The van der Waals surface area contributed by atoms with E-state index >= 15 is 0 Å². The maximum absolute atomic E-state index is 11.3. The first-order valence-electron chi connectivity index (χ1n) is 4.52. The molecule has 0 saturated carbocycles. The lowest BCUT2D eigenvalue weighted by atomic mass is 10.2. The van der Waals surface area contributed by atoms with Gasteiger partial charge in [0.05, 0.1) is 11.7 Å². The molecule has 0 radical (unpaired) electrons. The summed E-state index contributed by atoms with van der Waals surface area (Å²) in [5.74, 6) is 0.974. The van der Waals surface area contributed by atoms with Gasteiger partial charge in [-0.05, 0) is 6.92 Å². The molecular formula is C9H15NO2S. The molecular weight excluding hydrogens is 186 g/mol. The zero-order chi connectivity index (χ0) is 9.84. The molecule has 0 saturated heterocycles. The molecule has 1 heterocycles. The molecule has 0 aliphatic carbocycles. The number of esters is 1. The summed E-state index contributed by atoms with van der Waals surface area (Å²) < 4.78 is 4.89. The second kappa shape index (κ2) is 4.65. The van der Waals surface area contributed by atoms with Crippen molar-refractivity contribution in [2.75, 3.05) is 12.4 Å². The van der Waals surface area contributed by atoms with Crippen molar-refractivity contribution >= 4 is 22.8 Å². The van der Waals surface area contributed by atoms with Gasteiger partial charge in [-0.2, -0.15) is 0 Å². The maximum Gasteiger partial charge on any atom is 0.331 e. The molecule has 1 aliphatic rings. The van der Waals surface area contributed by atoms with Gasteiger partial charge in [-0.15, -0.1) is 11.8 Å². The van der Waals surface area contributed by atoms with Crippen molar-refractivity contribution in [1.82, 2.24) is 0 Å². The zero-order valence-electron chi connectivity index (χ0n) is 8.24. The minimum atomic E-state index is -0.262. The van der Waals surface area contributed by atoms with Crippen molar-refractivity contribution < 1.29 is 9.53 Å². The number of carbonyl (C=O) groups excluding carboxylic acids is 1. The summed E-state index contributed by atoms with van der Waals surface area (Å²) in [6.07, 6.45) is 0. The first-order valence-corrected chi connectivity index (χ1v) is 5.50. The summed E-state index contributed by atoms with van der Waals surface area (Å²) in [4.78, 5) is 15.6. The zero-order valence-corrected chi connectivity index (χ0v) is 9.06. The Balaban J connectivity index is 2.52. The van der Waals surface area contributed by atoms with Gasteiger partial charge >= 0.3 is 5.97 Å². The minimum Gasteiger partial charge on any atom is -0.464 e. The molecule has 0 bridgehead atoms. The van der Waals surface area contributed by atoms with Crippen LogP contribution in [0.2, 0.25) is 0 Å². The van der Waals surface area contributed by atoms with Crippen molar-refractivity contribution in [3.8, 4) is 0 Å². The predicted octanol–water partition coefficient (Wildman–Crippen LogP) is 1.72. The molecule has 13 heavy (non-hydrogen) atoms. The molecule has 3 nitrogen and oxygen atoms in total. The van der Waals surface area contributed by atoms with Crippen molar-refractivity contribution in [2.45, 2.75) is 26.8 Å². The van der Waals surface area contributed by atoms with Gasteiger partial charge in [0.2, 0.25) is 0 Å². The third kappa shape index (κ3) is 2.72. The molecule has 0 unspecified atom stereocenters. The van der Waals surface area contributed by atoms with E-state index in [9.17, 15) is 4.79 Å². The second-order valence-electron chi connectivity index (χ2n) is 3.20. The molecule has 0 aromatic carbocycles. The van der Waals surface area contributed by atoms with E-state index in [0.717, 1.165) is 10.8 Å². The molecule has 74 valence electrons. The number of thioether (sulfide) groups is 1. The van der Waals surface area contributed by atoms with E-state index in [2.05, 4.69) is 18.8 Å². The van der Waals surface area contributed by atoms with E-state index < -0.39 is 0 Å². The number of carbonyl (C=O) groups is 1. The molecule has 0 amide bonds. The number of aliphatic imine (C=N–C) groups is 1. The van der Waals surface area contributed by atoms with Crippen molar-refractivity contribution in [2.24, 2.45) is 10.9 Å². The van der Waals surface area contributed by atoms with Crippen LogP contribution in [0, 0.1) is 5.92 Å². The smallest absolute Gasteiger partial charge is 0.331 e. The fourth-order valence-electron chi connectivity index (χ4n) is 1.07. The van der Waals surface area contributed by atoms with Gasteiger partial charge in [-0.1, -0.05) is 13.8 Å². The van der Waals surface area contributed by atoms with Crippen LogP contribution < -0.4 is 0 Å². The van der Waals surface area contributed by atoms with Crippen LogP contribution in [-0.2, 0) is 9.53 Å². The van der Waals surface area contributed by atoms with Gasteiger partial charge in [0.25, 0.3) is 0 Å². The van der Waals surface area contributed by atoms with E-state index in [1.54, 1.807) is 11.8 Å². The highest BCUT2D eigenvalue weighted by Gasteiger charge is 2.26. The topological polar surface area (TPSA) is 38.7 Å². The molecule has 1 atom stereocenters. The lowest BCUT2D eigenvalue weighted by Gasteiger charge is -2.04.